The molecule has 0 N–H and O–H groups in total. The molecule has 0 fully saturated rings. The van der Waals surface area contributed by atoms with Crippen molar-refractivity contribution in [2.75, 3.05) is 20.8 Å². The lowest BCUT2D eigenvalue weighted by Crippen LogP contribution is -2.38. The summed E-state index contributed by atoms with van der Waals surface area (Å²) in [6.07, 6.45) is 0. The molecule has 3 heteroatoms. The molecule has 0 bridgehead atoms. The van der Waals surface area contributed by atoms with Gasteiger partial charge in [0.15, 0.2) is 0 Å². The quantitative estimate of drug-likeness (QED) is 0.605. The number of rotatable bonds is 4. The molecular weight excluding hydrogens is 156 g/mol. The fourth-order valence-corrected chi connectivity index (χ4v) is 0.994. The highest BCUT2D eigenvalue weighted by atomic mass is 16.5. The predicted octanol–water partition coefficient (Wildman–Crippen LogP) is 1.47. The van der Waals surface area contributed by atoms with Gasteiger partial charge in [-0.1, -0.05) is 13.8 Å². The van der Waals surface area contributed by atoms with Gasteiger partial charge in [0.05, 0.1) is 19.1 Å². The summed E-state index contributed by atoms with van der Waals surface area (Å²) in [7, 11) is 2.99. The van der Waals surface area contributed by atoms with Crippen molar-refractivity contribution in [1.82, 2.24) is 0 Å². The van der Waals surface area contributed by atoms with Gasteiger partial charge in [0.2, 0.25) is 0 Å². The molecule has 0 radical (unpaired) electrons. The van der Waals surface area contributed by atoms with Crippen LogP contribution in [0.5, 0.6) is 0 Å². The molecule has 12 heavy (non-hydrogen) atoms. The van der Waals surface area contributed by atoms with E-state index >= 15 is 0 Å². The molecule has 0 spiro atoms. The van der Waals surface area contributed by atoms with Crippen molar-refractivity contribution in [2.45, 2.75) is 20.8 Å². The summed E-state index contributed by atoms with van der Waals surface area (Å²) in [6.45, 7) is 6.22. The van der Waals surface area contributed by atoms with E-state index in [9.17, 15) is 4.79 Å². The van der Waals surface area contributed by atoms with Gasteiger partial charge < -0.3 is 9.47 Å². The third kappa shape index (κ3) is 2.21. The topological polar surface area (TPSA) is 35.5 Å². The second-order valence-electron chi connectivity index (χ2n) is 3.50. The lowest BCUT2D eigenvalue weighted by Gasteiger charge is -2.29. The largest absolute Gasteiger partial charge is 0.469 e. The van der Waals surface area contributed by atoms with Gasteiger partial charge in [0.1, 0.15) is 0 Å². The lowest BCUT2D eigenvalue weighted by atomic mass is 9.80. The fourth-order valence-electron chi connectivity index (χ4n) is 0.994. The highest BCUT2D eigenvalue weighted by Gasteiger charge is 2.37. The van der Waals surface area contributed by atoms with Crippen LogP contribution in [-0.2, 0) is 14.3 Å². The monoisotopic (exact) mass is 174 g/mol. The smallest absolute Gasteiger partial charge is 0.314 e. The number of hydrogen-bond acceptors (Lipinski definition) is 3. The lowest BCUT2D eigenvalue weighted by molar-refractivity contribution is -0.158. The average Bonchev–Trinajstić information content (AvgIpc) is 2.03. The molecule has 0 aliphatic carbocycles. The molecule has 0 aromatic heterocycles. The minimum Gasteiger partial charge on any atom is -0.469 e. The number of carbonyl (C=O) groups excluding carboxylic acids is 1. The van der Waals surface area contributed by atoms with Gasteiger partial charge in [-0.2, -0.15) is 0 Å². The molecule has 0 saturated heterocycles. The third-order valence-electron chi connectivity index (χ3n) is 2.37. The zero-order valence-electron chi connectivity index (χ0n) is 8.51. The van der Waals surface area contributed by atoms with E-state index in [4.69, 9.17) is 9.47 Å². The van der Waals surface area contributed by atoms with E-state index in [1.54, 1.807) is 7.11 Å². The van der Waals surface area contributed by atoms with Crippen molar-refractivity contribution in [3.63, 3.8) is 0 Å². The minimum atomic E-state index is -0.524. The maximum Gasteiger partial charge on any atom is 0.314 e. The number of hydrogen-bond donors (Lipinski definition) is 0. The van der Waals surface area contributed by atoms with Gasteiger partial charge in [-0.05, 0) is 12.8 Å². The van der Waals surface area contributed by atoms with Gasteiger partial charge in [-0.15, -0.1) is 0 Å². The summed E-state index contributed by atoms with van der Waals surface area (Å²) in [6, 6.07) is 0. The van der Waals surface area contributed by atoms with E-state index in [0.717, 1.165) is 0 Å². The molecule has 0 aromatic carbocycles. The summed E-state index contributed by atoms with van der Waals surface area (Å²) >= 11 is 0. The van der Waals surface area contributed by atoms with Crippen LogP contribution >= 0.6 is 0 Å². The Morgan fingerprint density at radius 1 is 1.42 bits per heavy atom. The van der Waals surface area contributed by atoms with Crippen LogP contribution in [0.4, 0.5) is 0 Å². The first-order valence-corrected chi connectivity index (χ1v) is 4.06. The molecule has 72 valence electrons. The van der Waals surface area contributed by atoms with E-state index in [-0.39, 0.29) is 11.9 Å². The fraction of sp³-hybridized carbons (Fsp3) is 0.889. The van der Waals surface area contributed by atoms with Crippen LogP contribution < -0.4 is 0 Å². The van der Waals surface area contributed by atoms with Crippen LogP contribution in [0.2, 0.25) is 0 Å². The van der Waals surface area contributed by atoms with Crippen LogP contribution in [-0.4, -0.2) is 26.8 Å². The first-order valence-electron chi connectivity index (χ1n) is 4.06. The van der Waals surface area contributed by atoms with Crippen LogP contribution in [0.3, 0.4) is 0 Å². The second kappa shape index (κ2) is 4.45. The van der Waals surface area contributed by atoms with Crippen LogP contribution in [0.25, 0.3) is 0 Å². The van der Waals surface area contributed by atoms with Gasteiger partial charge in [-0.25, -0.2) is 0 Å². The molecular formula is C9H18O3. The molecule has 0 heterocycles. The minimum absolute atomic E-state index is 0.209. The molecule has 0 aliphatic heterocycles. The Labute approximate surface area is 74.0 Å². The molecule has 0 rings (SSSR count). The first kappa shape index (κ1) is 11.4. The van der Waals surface area contributed by atoms with E-state index in [0.29, 0.717) is 6.61 Å². The number of carbonyl (C=O) groups is 1. The average molecular weight is 174 g/mol. The number of esters is 1. The Morgan fingerprint density at radius 3 is 2.17 bits per heavy atom. The standard InChI is InChI=1S/C9H18O3/c1-7(2)9(3,6-11-4)8(10)12-5/h7H,6H2,1-5H3. The summed E-state index contributed by atoms with van der Waals surface area (Å²) in [5.41, 5.74) is -0.524. The highest BCUT2D eigenvalue weighted by molar-refractivity contribution is 5.76. The van der Waals surface area contributed by atoms with Crippen LogP contribution in [0, 0.1) is 11.3 Å². The Hall–Kier alpha value is -0.570. The third-order valence-corrected chi connectivity index (χ3v) is 2.37. The van der Waals surface area contributed by atoms with Crippen molar-refractivity contribution in [2.24, 2.45) is 11.3 Å². The predicted molar refractivity (Wildman–Crippen MR) is 46.8 cm³/mol. The van der Waals surface area contributed by atoms with Gasteiger partial charge >= 0.3 is 5.97 Å². The first-order chi connectivity index (χ1) is 5.49. The maximum atomic E-state index is 11.4. The Kier molecular flexibility index (Phi) is 4.24. The maximum absolute atomic E-state index is 11.4. The molecule has 0 saturated carbocycles. The van der Waals surface area contributed by atoms with Crippen molar-refractivity contribution < 1.29 is 14.3 Å². The number of methoxy groups -OCH3 is 2. The highest BCUT2D eigenvalue weighted by Crippen LogP contribution is 2.28. The van der Waals surface area contributed by atoms with Crippen molar-refractivity contribution in [1.29, 1.82) is 0 Å². The van der Waals surface area contributed by atoms with Crippen molar-refractivity contribution in [3.8, 4) is 0 Å². The molecule has 1 unspecified atom stereocenters. The van der Waals surface area contributed by atoms with E-state index in [1.807, 2.05) is 20.8 Å². The van der Waals surface area contributed by atoms with E-state index in [2.05, 4.69) is 0 Å². The van der Waals surface area contributed by atoms with Crippen molar-refractivity contribution >= 4 is 5.97 Å². The zero-order valence-corrected chi connectivity index (χ0v) is 8.51. The van der Waals surface area contributed by atoms with Gasteiger partial charge in [0.25, 0.3) is 0 Å². The van der Waals surface area contributed by atoms with Crippen LogP contribution in [0.1, 0.15) is 20.8 Å². The molecule has 0 amide bonds. The van der Waals surface area contributed by atoms with Gasteiger partial charge in [-0.3, -0.25) is 4.79 Å². The van der Waals surface area contributed by atoms with E-state index < -0.39 is 5.41 Å². The summed E-state index contributed by atoms with van der Waals surface area (Å²) in [5, 5.41) is 0. The Bertz CT molecular complexity index is 154. The van der Waals surface area contributed by atoms with Gasteiger partial charge in [0, 0.05) is 7.11 Å². The molecule has 1 atom stereocenters. The van der Waals surface area contributed by atoms with Crippen LogP contribution in [0.15, 0.2) is 0 Å². The van der Waals surface area contributed by atoms with E-state index in [1.165, 1.54) is 7.11 Å². The van der Waals surface area contributed by atoms with Crippen molar-refractivity contribution in [3.05, 3.63) is 0 Å². The molecule has 3 nitrogen and oxygen atoms in total. The molecule has 0 aromatic rings. The Morgan fingerprint density at radius 2 is 1.92 bits per heavy atom. The number of ether oxygens (including phenoxy) is 2. The second-order valence-corrected chi connectivity index (χ2v) is 3.50. The summed E-state index contributed by atoms with van der Waals surface area (Å²) in [5.74, 6) is 0.00394. The summed E-state index contributed by atoms with van der Waals surface area (Å²) in [4.78, 5) is 11.4. The SMILES string of the molecule is COCC(C)(C(=O)OC)C(C)C. The zero-order chi connectivity index (χ0) is 9.78. The summed E-state index contributed by atoms with van der Waals surface area (Å²) < 4.78 is 9.70. The Balaban J connectivity index is 4.49. The molecule has 0 aliphatic rings. The normalized spacial score (nSPS) is 15.8.